The molecule has 1 aromatic rings. The molecule has 23 heavy (non-hydrogen) atoms. The van der Waals surface area contributed by atoms with Crippen LogP contribution in [0.2, 0.25) is 3.63 Å². The predicted octanol–water partition coefficient (Wildman–Crippen LogP) is 5.92. The molecule has 0 aromatic heterocycles. The van der Waals surface area contributed by atoms with E-state index >= 15 is 0 Å². The average Bonchev–Trinajstić information content (AvgIpc) is 3.27. The first-order valence-corrected chi connectivity index (χ1v) is 12.7. The maximum absolute atomic E-state index is 2.58. The van der Waals surface area contributed by atoms with Crippen molar-refractivity contribution in [3.63, 3.8) is 0 Å². The Morgan fingerprint density at radius 3 is 2.70 bits per heavy atom. The van der Waals surface area contributed by atoms with Crippen molar-refractivity contribution in [3.05, 3.63) is 80.7 Å². The molecule has 0 saturated carbocycles. The molecule has 1 unspecified atom stereocenters. The fourth-order valence-electron chi connectivity index (χ4n) is 4.26. The third-order valence-corrected chi connectivity index (χ3v) is 13.6. The second-order valence-corrected chi connectivity index (χ2v) is 13.8. The SMILES string of the molecule is C/[C](c1ccccc1)=[Zr](\[C]1=CC=CC1)[CH]1C=CC2=C1CCCC2. The summed E-state index contributed by atoms with van der Waals surface area (Å²) in [5.41, 5.74) is 4.98. The summed E-state index contributed by atoms with van der Waals surface area (Å²) in [4.78, 5) is 0. The van der Waals surface area contributed by atoms with Crippen LogP contribution in [0.1, 0.15) is 44.6 Å². The van der Waals surface area contributed by atoms with E-state index in [1.807, 2.05) is 5.57 Å². The fourth-order valence-corrected chi connectivity index (χ4v) is 12.6. The van der Waals surface area contributed by atoms with Gasteiger partial charge in [-0.2, -0.15) is 0 Å². The predicted molar refractivity (Wildman–Crippen MR) is 96.4 cm³/mol. The summed E-state index contributed by atoms with van der Waals surface area (Å²) >= 11 is -1.89. The molecule has 0 amide bonds. The Morgan fingerprint density at radius 1 is 1.09 bits per heavy atom. The summed E-state index contributed by atoms with van der Waals surface area (Å²) in [6.45, 7) is 2.43. The first-order chi connectivity index (χ1) is 11.3. The van der Waals surface area contributed by atoms with E-state index in [1.54, 1.807) is 12.1 Å². The van der Waals surface area contributed by atoms with Crippen molar-refractivity contribution in [1.29, 1.82) is 0 Å². The van der Waals surface area contributed by atoms with Crippen LogP contribution in [0.4, 0.5) is 0 Å². The Kier molecular flexibility index (Phi) is 4.58. The van der Waals surface area contributed by atoms with Crippen LogP contribution in [0.15, 0.2) is 75.1 Å². The zero-order valence-electron chi connectivity index (χ0n) is 13.9. The monoisotopic (exact) mass is 378 g/mol. The van der Waals surface area contributed by atoms with Crippen molar-refractivity contribution < 1.29 is 21.3 Å². The van der Waals surface area contributed by atoms with Crippen LogP contribution in [-0.2, 0) is 21.3 Å². The van der Waals surface area contributed by atoms with Gasteiger partial charge >= 0.3 is 148 Å². The summed E-state index contributed by atoms with van der Waals surface area (Å²) in [5, 5.41) is 0. The Bertz CT molecular complexity index is 756. The molecule has 0 radical (unpaired) electrons. The second kappa shape index (κ2) is 6.82. The summed E-state index contributed by atoms with van der Waals surface area (Å²) < 4.78 is 4.28. The van der Waals surface area contributed by atoms with Crippen LogP contribution < -0.4 is 0 Å². The summed E-state index contributed by atoms with van der Waals surface area (Å²) in [6.07, 6.45) is 18.8. The van der Waals surface area contributed by atoms with Gasteiger partial charge in [0.25, 0.3) is 0 Å². The minimum atomic E-state index is -1.89. The van der Waals surface area contributed by atoms with Crippen molar-refractivity contribution in [2.45, 2.75) is 42.7 Å². The topological polar surface area (TPSA) is 0 Å². The van der Waals surface area contributed by atoms with E-state index in [0.29, 0.717) is 0 Å². The summed E-state index contributed by atoms with van der Waals surface area (Å²) in [7, 11) is 0. The molecule has 0 bridgehead atoms. The quantitative estimate of drug-likeness (QED) is 0.611. The number of hydrogen-bond donors (Lipinski definition) is 0. The van der Waals surface area contributed by atoms with Crippen LogP contribution in [0.3, 0.4) is 0 Å². The summed E-state index contributed by atoms with van der Waals surface area (Å²) in [6, 6.07) is 11.1. The van der Waals surface area contributed by atoms with E-state index < -0.39 is 21.3 Å². The van der Waals surface area contributed by atoms with Gasteiger partial charge in [-0.3, -0.25) is 0 Å². The molecule has 3 aliphatic rings. The van der Waals surface area contributed by atoms with Crippen molar-refractivity contribution in [1.82, 2.24) is 0 Å². The average molecular weight is 380 g/mol. The molecule has 0 spiro atoms. The van der Waals surface area contributed by atoms with Gasteiger partial charge in [-0.25, -0.2) is 0 Å². The normalized spacial score (nSPS) is 23.9. The van der Waals surface area contributed by atoms with Crippen LogP contribution in [-0.4, -0.2) is 3.21 Å². The minimum absolute atomic E-state index is 0.777. The number of benzene rings is 1. The molecule has 0 nitrogen and oxygen atoms in total. The molecule has 0 saturated heterocycles. The number of hydrogen-bond acceptors (Lipinski definition) is 0. The van der Waals surface area contributed by atoms with Gasteiger partial charge in [0.1, 0.15) is 0 Å². The molecule has 0 N–H and O–H groups in total. The van der Waals surface area contributed by atoms with E-state index in [2.05, 4.69) is 67.6 Å². The van der Waals surface area contributed by atoms with Crippen LogP contribution in [0.25, 0.3) is 0 Å². The summed E-state index contributed by atoms with van der Waals surface area (Å²) in [5.74, 6) is 0. The van der Waals surface area contributed by atoms with Gasteiger partial charge in [0.2, 0.25) is 0 Å². The van der Waals surface area contributed by atoms with E-state index in [4.69, 9.17) is 0 Å². The third kappa shape index (κ3) is 3.01. The standard InChI is InChI=1S/C9H11.C8H8.C5H5.Zr/c1-2-5-9-7-3-6-8(9)4-1;1-2-8-6-4-3-5-7-8;1-2-4-5-3-1;/h3,6-7H,1-2,4-5H2;3-7H,1H3;1-3H,4H2;. The van der Waals surface area contributed by atoms with E-state index in [1.165, 1.54) is 37.7 Å². The molecule has 3 aliphatic carbocycles. The van der Waals surface area contributed by atoms with Crippen molar-refractivity contribution in [2.24, 2.45) is 0 Å². The molecule has 1 aromatic carbocycles. The second-order valence-electron chi connectivity index (χ2n) is 6.82. The van der Waals surface area contributed by atoms with Crippen LogP contribution in [0, 0.1) is 0 Å². The van der Waals surface area contributed by atoms with Gasteiger partial charge in [0, 0.05) is 0 Å². The van der Waals surface area contributed by atoms with E-state index in [-0.39, 0.29) is 0 Å². The third-order valence-electron chi connectivity index (χ3n) is 5.46. The van der Waals surface area contributed by atoms with Crippen LogP contribution >= 0.6 is 0 Å². The molecule has 116 valence electrons. The van der Waals surface area contributed by atoms with E-state index in [0.717, 1.165) is 3.63 Å². The fraction of sp³-hybridized carbons (Fsp3) is 0.318. The van der Waals surface area contributed by atoms with Gasteiger partial charge in [-0.1, -0.05) is 0 Å². The van der Waals surface area contributed by atoms with Crippen molar-refractivity contribution >= 4 is 3.21 Å². The van der Waals surface area contributed by atoms with Gasteiger partial charge in [-0.15, -0.1) is 0 Å². The first kappa shape index (κ1) is 15.5. The van der Waals surface area contributed by atoms with Gasteiger partial charge < -0.3 is 0 Å². The molecular formula is C22H24Zr. The van der Waals surface area contributed by atoms with Crippen LogP contribution in [0.5, 0.6) is 0 Å². The number of rotatable bonds is 3. The zero-order chi connectivity index (χ0) is 15.6. The Balaban J connectivity index is 1.81. The van der Waals surface area contributed by atoms with Gasteiger partial charge in [0.05, 0.1) is 0 Å². The zero-order valence-corrected chi connectivity index (χ0v) is 16.3. The van der Waals surface area contributed by atoms with Crippen molar-refractivity contribution in [3.8, 4) is 0 Å². The first-order valence-electron chi connectivity index (χ1n) is 8.87. The Morgan fingerprint density at radius 2 is 1.91 bits per heavy atom. The molecular weight excluding hydrogens is 355 g/mol. The molecule has 1 heteroatoms. The molecule has 4 rings (SSSR count). The Hall–Kier alpha value is -1.07. The van der Waals surface area contributed by atoms with Gasteiger partial charge in [-0.05, 0) is 0 Å². The van der Waals surface area contributed by atoms with E-state index in [9.17, 15) is 0 Å². The van der Waals surface area contributed by atoms with Crippen molar-refractivity contribution in [2.75, 3.05) is 0 Å². The molecule has 1 atom stereocenters. The molecule has 0 fully saturated rings. The maximum atomic E-state index is 2.58. The number of allylic oxidation sites excluding steroid dienone is 8. The Labute approximate surface area is 147 Å². The molecule has 0 heterocycles. The van der Waals surface area contributed by atoms with Gasteiger partial charge in [0.15, 0.2) is 0 Å². The molecule has 0 aliphatic heterocycles.